The lowest BCUT2D eigenvalue weighted by Gasteiger charge is -2.54. The molecule has 0 spiro atoms. The minimum atomic E-state index is -0.380. The molecule has 0 radical (unpaired) electrons. The molecule has 3 aliphatic rings. The van der Waals surface area contributed by atoms with Crippen molar-refractivity contribution in [2.75, 3.05) is 6.61 Å². The Kier molecular flexibility index (Phi) is 1.72. The Morgan fingerprint density at radius 3 is 2.25 bits per heavy atom. The smallest absolute Gasteiger partial charge is 0.0635 e. The van der Waals surface area contributed by atoms with Crippen molar-refractivity contribution in [1.82, 2.24) is 0 Å². The first-order chi connectivity index (χ1) is 5.60. The van der Waals surface area contributed by atoms with Gasteiger partial charge in [-0.05, 0) is 32.1 Å². The number of rotatable bonds is 1. The second-order valence-electron chi connectivity index (χ2n) is 4.60. The summed E-state index contributed by atoms with van der Waals surface area (Å²) in [4.78, 5) is 0. The zero-order valence-electron chi connectivity index (χ0n) is 7.29. The van der Waals surface area contributed by atoms with Gasteiger partial charge in [0.15, 0.2) is 0 Å². The van der Waals surface area contributed by atoms with E-state index < -0.39 is 0 Å². The van der Waals surface area contributed by atoms with E-state index in [1.54, 1.807) is 0 Å². The van der Waals surface area contributed by atoms with E-state index in [0.29, 0.717) is 6.42 Å². The third-order valence-electron chi connectivity index (χ3n) is 3.86. The van der Waals surface area contributed by atoms with Gasteiger partial charge in [0.1, 0.15) is 0 Å². The third-order valence-corrected chi connectivity index (χ3v) is 3.86. The van der Waals surface area contributed by atoms with Crippen LogP contribution in [0.2, 0.25) is 0 Å². The molecule has 4 N–H and O–H groups in total. The summed E-state index contributed by atoms with van der Waals surface area (Å²) in [5, 5.41) is 19.0. The second kappa shape index (κ2) is 2.44. The maximum absolute atomic E-state index is 9.78. The molecule has 70 valence electrons. The van der Waals surface area contributed by atoms with Gasteiger partial charge in [0.2, 0.25) is 0 Å². The fraction of sp³-hybridized carbons (Fsp3) is 1.00. The summed E-state index contributed by atoms with van der Waals surface area (Å²) < 4.78 is 0. The van der Waals surface area contributed by atoms with Gasteiger partial charge < -0.3 is 15.9 Å². The van der Waals surface area contributed by atoms with Crippen molar-refractivity contribution in [3.05, 3.63) is 0 Å². The molecule has 3 saturated carbocycles. The van der Waals surface area contributed by atoms with E-state index >= 15 is 0 Å². The first-order valence-corrected chi connectivity index (χ1v) is 4.68. The number of hydrogen-bond donors (Lipinski definition) is 3. The molecule has 0 amide bonds. The van der Waals surface area contributed by atoms with Crippen LogP contribution in [0.15, 0.2) is 0 Å². The van der Waals surface area contributed by atoms with E-state index in [0.717, 1.165) is 25.7 Å². The van der Waals surface area contributed by atoms with Crippen LogP contribution in [0, 0.1) is 5.41 Å². The third kappa shape index (κ3) is 1.00. The summed E-state index contributed by atoms with van der Waals surface area (Å²) in [5.74, 6) is 0. The number of aliphatic hydroxyl groups is 2. The van der Waals surface area contributed by atoms with Gasteiger partial charge in [-0.3, -0.25) is 0 Å². The molecule has 0 saturated heterocycles. The number of fused-ring (bicyclic) bond motifs is 3. The Labute approximate surface area is 72.6 Å². The largest absolute Gasteiger partial charge is 0.396 e. The molecule has 0 aromatic carbocycles. The quantitative estimate of drug-likeness (QED) is 0.520. The zero-order valence-corrected chi connectivity index (χ0v) is 7.29. The van der Waals surface area contributed by atoms with Gasteiger partial charge in [0, 0.05) is 11.0 Å². The first kappa shape index (κ1) is 8.48. The van der Waals surface area contributed by atoms with Crippen LogP contribution in [-0.4, -0.2) is 28.5 Å². The fourth-order valence-corrected chi connectivity index (χ4v) is 2.65. The summed E-state index contributed by atoms with van der Waals surface area (Å²) in [6.07, 6.45) is 4.00. The van der Waals surface area contributed by atoms with E-state index in [1.165, 1.54) is 0 Å². The standard InChI is InChI=1S/C9H17NO2/c10-9-3-1-8(6-11,2-4-9)7(12)5-9/h7,11-12H,1-6,10H2/t7-,8?,9?/m1/s1. The van der Waals surface area contributed by atoms with Gasteiger partial charge in [0.25, 0.3) is 0 Å². The Balaban J connectivity index is 2.20. The highest BCUT2D eigenvalue weighted by molar-refractivity contribution is 5.06. The van der Waals surface area contributed by atoms with Crippen LogP contribution in [0.3, 0.4) is 0 Å². The Bertz CT molecular complexity index is 185. The lowest BCUT2D eigenvalue weighted by Crippen LogP contribution is -2.59. The van der Waals surface area contributed by atoms with Crippen LogP contribution in [-0.2, 0) is 0 Å². The average molecular weight is 171 g/mol. The molecule has 1 atom stereocenters. The molecule has 12 heavy (non-hydrogen) atoms. The van der Waals surface area contributed by atoms with E-state index in [1.807, 2.05) is 0 Å². The molecular weight excluding hydrogens is 154 g/mol. The monoisotopic (exact) mass is 171 g/mol. The van der Waals surface area contributed by atoms with Crippen LogP contribution in [0.1, 0.15) is 32.1 Å². The van der Waals surface area contributed by atoms with Crippen LogP contribution in [0.5, 0.6) is 0 Å². The SMILES string of the molecule is NC12CCC(CO)(CC1)[C@H](O)C2. The average Bonchev–Trinajstić information content (AvgIpc) is 2.05. The molecule has 0 aromatic rings. The van der Waals surface area contributed by atoms with Crippen molar-refractivity contribution >= 4 is 0 Å². The van der Waals surface area contributed by atoms with Crippen molar-refractivity contribution in [2.24, 2.45) is 11.1 Å². The lowest BCUT2D eigenvalue weighted by molar-refractivity contribution is -0.109. The molecular formula is C9H17NO2. The minimum absolute atomic E-state index is 0.115. The highest BCUT2D eigenvalue weighted by Crippen LogP contribution is 2.50. The lowest BCUT2D eigenvalue weighted by atomic mass is 9.56. The highest BCUT2D eigenvalue weighted by Gasteiger charge is 2.51. The van der Waals surface area contributed by atoms with Crippen LogP contribution < -0.4 is 5.73 Å². The Hall–Kier alpha value is -0.120. The summed E-state index contributed by atoms with van der Waals surface area (Å²) >= 11 is 0. The van der Waals surface area contributed by atoms with Crippen LogP contribution >= 0.6 is 0 Å². The van der Waals surface area contributed by atoms with E-state index in [-0.39, 0.29) is 23.7 Å². The fourth-order valence-electron chi connectivity index (χ4n) is 2.65. The maximum atomic E-state index is 9.78. The number of aliphatic hydroxyl groups excluding tert-OH is 2. The summed E-state index contributed by atoms with van der Waals surface area (Å²) in [6.45, 7) is 0.115. The predicted octanol–water partition coefficient (Wildman–Crippen LogP) is 0.00120. The Morgan fingerprint density at radius 1 is 1.25 bits per heavy atom. The normalized spacial score (nSPS) is 52.8. The van der Waals surface area contributed by atoms with E-state index in [4.69, 9.17) is 5.73 Å². The molecule has 3 fully saturated rings. The van der Waals surface area contributed by atoms with Gasteiger partial charge in [-0.2, -0.15) is 0 Å². The van der Waals surface area contributed by atoms with Crippen molar-refractivity contribution in [3.63, 3.8) is 0 Å². The highest BCUT2D eigenvalue weighted by atomic mass is 16.3. The van der Waals surface area contributed by atoms with Crippen molar-refractivity contribution in [2.45, 2.75) is 43.7 Å². The van der Waals surface area contributed by atoms with Crippen molar-refractivity contribution in [1.29, 1.82) is 0 Å². The molecule has 3 heteroatoms. The van der Waals surface area contributed by atoms with Gasteiger partial charge >= 0.3 is 0 Å². The zero-order chi connectivity index (χ0) is 8.82. The van der Waals surface area contributed by atoms with E-state index in [9.17, 15) is 10.2 Å². The Morgan fingerprint density at radius 2 is 1.83 bits per heavy atom. The second-order valence-corrected chi connectivity index (χ2v) is 4.60. The molecule has 3 rings (SSSR count). The molecule has 2 bridgehead atoms. The topological polar surface area (TPSA) is 66.5 Å². The van der Waals surface area contributed by atoms with Crippen molar-refractivity contribution < 1.29 is 10.2 Å². The molecule has 0 unspecified atom stereocenters. The van der Waals surface area contributed by atoms with E-state index in [2.05, 4.69) is 0 Å². The molecule has 0 aromatic heterocycles. The summed E-state index contributed by atoms with van der Waals surface area (Å²) in [6, 6.07) is 0. The van der Waals surface area contributed by atoms with Gasteiger partial charge in [0.05, 0.1) is 12.7 Å². The molecule has 0 aliphatic heterocycles. The van der Waals surface area contributed by atoms with Gasteiger partial charge in [-0.15, -0.1) is 0 Å². The minimum Gasteiger partial charge on any atom is -0.396 e. The van der Waals surface area contributed by atoms with Crippen LogP contribution in [0.25, 0.3) is 0 Å². The first-order valence-electron chi connectivity index (χ1n) is 4.68. The van der Waals surface area contributed by atoms with Gasteiger partial charge in [-0.1, -0.05) is 0 Å². The maximum Gasteiger partial charge on any atom is 0.0635 e. The van der Waals surface area contributed by atoms with Crippen molar-refractivity contribution in [3.8, 4) is 0 Å². The summed E-state index contributed by atoms with van der Waals surface area (Å²) in [5.41, 5.74) is 5.72. The molecule has 0 heterocycles. The van der Waals surface area contributed by atoms with Gasteiger partial charge in [-0.25, -0.2) is 0 Å². The predicted molar refractivity (Wildman–Crippen MR) is 45.5 cm³/mol. The number of hydrogen-bond acceptors (Lipinski definition) is 3. The van der Waals surface area contributed by atoms with Crippen LogP contribution in [0.4, 0.5) is 0 Å². The number of nitrogens with two attached hydrogens (primary N) is 1. The molecule has 3 nitrogen and oxygen atoms in total. The molecule has 3 aliphatic carbocycles. The summed E-state index contributed by atoms with van der Waals surface area (Å²) in [7, 11) is 0.